The van der Waals surface area contributed by atoms with Crippen LogP contribution in [0.1, 0.15) is 24.6 Å². The molecule has 1 fully saturated rings. The minimum absolute atomic E-state index is 0.0279. The lowest BCUT2D eigenvalue weighted by atomic mass is 10.3. The maximum absolute atomic E-state index is 12.6. The SMILES string of the molecule is CC(Sc1nnc(N2CCCC2)n1-c1ccccc1Cl)C(=O)NCc1cccs1. The Morgan fingerprint density at radius 1 is 1.24 bits per heavy atom. The van der Waals surface area contributed by atoms with E-state index in [1.807, 2.05) is 53.3 Å². The van der Waals surface area contributed by atoms with Crippen LogP contribution in [-0.2, 0) is 11.3 Å². The molecule has 1 amide bonds. The highest BCUT2D eigenvalue weighted by molar-refractivity contribution is 8.00. The Balaban J connectivity index is 1.56. The van der Waals surface area contributed by atoms with E-state index in [1.54, 1.807) is 11.3 Å². The third kappa shape index (κ3) is 4.60. The largest absolute Gasteiger partial charge is 0.350 e. The second kappa shape index (κ2) is 9.19. The first kappa shape index (κ1) is 20.3. The molecule has 0 aliphatic carbocycles. The zero-order chi connectivity index (χ0) is 20.2. The molecule has 4 rings (SSSR count). The number of halogens is 1. The van der Waals surface area contributed by atoms with Crippen molar-refractivity contribution in [2.45, 2.75) is 36.7 Å². The van der Waals surface area contributed by atoms with Crippen LogP contribution in [0.25, 0.3) is 5.69 Å². The van der Waals surface area contributed by atoms with Crippen molar-refractivity contribution in [3.8, 4) is 5.69 Å². The summed E-state index contributed by atoms with van der Waals surface area (Å²) in [5.41, 5.74) is 0.828. The summed E-state index contributed by atoms with van der Waals surface area (Å²) in [5.74, 6) is 0.754. The van der Waals surface area contributed by atoms with Crippen LogP contribution in [0.4, 0.5) is 5.95 Å². The Morgan fingerprint density at radius 3 is 2.76 bits per heavy atom. The van der Waals surface area contributed by atoms with Crippen LogP contribution in [0, 0.1) is 0 Å². The van der Waals surface area contributed by atoms with E-state index in [0.29, 0.717) is 16.7 Å². The summed E-state index contributed by atoms with van der Waals surface area (Å²) in [6, 6.07) is 11.7. The van der Waals surface area contributed by atoms with Crippen molar-refractivity contribution in [2.24, 2.45) is 0 Å². The third-order valence-electron chi connectivity index (χ3n) is 4.77. The number of amides is 1. The number of carbonyl (C=O) groups is 1. The van der Waals surface area contributed by atoms with E-state index in [0.717, 1.165) is 42.4 Å². The minimum Gasteiger partial charge on any atom is -0.350 e. The average molecular weight is 448 g/mol. The Labute approximate surface area is 183 Å². The normalized spacial score (nSPS) is 14.9. The van der Waals surface area contributed by atoms with Crippen molar-refractivity contribution in [3.63, 3.8) is 0 Å². The van der Waals surface area contributed by atoms with Gasteiger partial charge in [0, 0.05) is 18.0 Å². The molecule has 2 aromatic heterocycles. The number of benzene rings is 1. The quantitative estimate of drug-likeness (QED) is 0.544. The van der Waals surface area contributed by atoms with E-state index in [1.165, 1.54) is 11.8 Å². The van der Waals surface area contributed by atoms with Crippen LogP contribution in [0.15, 0.2) is 46.9 Å². The third-order valence-corrected chi connectivity index (χ3v) is 7.01. The van der Waals surface area contributed by atoms with Gasteiger partial charge in [0.25, 0.3) is 0 Å². The summed E-state index contributed by atoms with van der Waals surface area (Å²) >= 11 is 9.52. The highest BCUT2D eigenvalue weighted by Gasteiger charge is 2.26. The van der Waals surface area contributed by atoms with Gasteiger partial charge in [-0.3, -0.25) is 9.36 Å². The first-order valence-electron chi connectivity index (χ1n) is 9.55. The van der Waals surface area contributed by atoms with Crippen LogP contribution in [0.2, 0.25) is 5.02 Å². The van der Waals surface area contributed by atoms with Crippen LogP contribution in [-0.4, -0.2) is 39.0 Å². The summed E-state index contributed by atoms with van der Waals surface area (Å²) in [7, 11) is 0. The Morgan fingerprint density at radius 2 is 2.03 bits per heavy atom. The number of hydrogen-bond donors (Lipinski definition) is 1. The molecule has 1 aliphatic rings. The first-order valence-corrected chi connectivity index (χ1v) is 11.7. The predicted molar refractivity (Wildman–Crippen MR) is 119 cm³/mol. The lowest BCUT2D eigenvalue weighted by molar-refractivity contribution is -0.120. The zero-order valence-electron chi connectivity index (χ0n) is 16.0. The molecule has 152 valence electrons. The number of rotatable bonds is 7. The molecule has 6 nitrogen and oxygen atoms in total. The topological polar surface area (TPSA) is 63.1 Å². The van der Waals surface area contributed by atoms with Gasteiger partial charge < -0.3 is 10.2 Å². The van der Waals surface area contributed by atoms with Gasteiger partial charge in [-0.15, -0.1) is 21.5 Å². The zero-order valence-corrected chi connectivity index (χ0v) is 18.4. The fourth-order valence-corrected chi connectivity index (χ4v) is 4.99. The van der Waals surface area contributed by atoms with E-state index < -0.39 is 0 Å². The maximum atomic E-state index is 12.6. The van der Waals surface area contributed by atoms with Crippen LogP contribution < -0.4 is 10.2 Å². The monoisotopic (exact) mass is 447 g/mol. The van der Waals surface area contributed by atoms with E-state index in [4.69, 9.17) is 11.6 Å². The van der Waals surface area contributed by atoms with Crippen molar-refractivity contribution in [2.75, 3.05) is 18.0 Å². The lowest BCUT2D eigenvalue weighted by Crippen LogP contribution is -2.30. The molecule has 0 saturated carbocycles. The van der Waals surface area contributed by atoms with Crippen molar-refractivity contribution in [3.05, 3.63) is 51.7 Å². The summed E-state index contributed by atoms with van der Waals surface area (Å²) < 4.78 is 1.97. The first-order chi connectivity index (χ1) is 14.1. The molecular formula is C20H22ClN5OS2. The molecule has 0 spiro atoms. The maximum Gasteiger partial charge on any atom is 0.233 e. The molecule has 3 aromatic rings. The molecule has 1 N–H and O–H groups in total. The van der Waals surface area contributed by atoms with Gasteiger partial charge in [0.15, 0.2) is 5.16 Å². The van der Waals surface area contributed by atoms with Crippen molar-refractivity contribution in [1.82, 2.24) is 20.1 Å². The Bertz CT molecular complexity index is 969. The van der Waals surface area contributed by atoms with E-state index in [2.05, 4.69) is 20.4 Å². The van der Waals surface area contributed by atoms with Crippen molar-refractivity contribution >= 4 is 46.6 Å². The number of aromatic nitrogens is 3. The molecule has 29 heavy (non-hydrogen) atoms. The smallest absolute Gasteiger partial charge is 0.233 e. The predicted octanol–water partition coefficient (Wildman–Crippen LogP) is 4.38. The number of carbonyl (C=O) groups excluding carboxylic acids is 1. The van der Waals surface area contributed by atoms with Gasteiger partial charge in [-0.25, -0.2) is 0 Å². The van der Waals surface area contributed by atoms with E-state index in [-0.39, 0.29) is 11.2 Å². The number of nitrogens with zero attached hydrogens (tertiary/aromatic N) is 4. The summed E-state index contributed by atoms with van der Waals surface area (Å²) in [6.45, 7) is 4.32. The highest BCUT2D eigenvalue weighted by Crippen LogP contribution is 2.33. The van der Waals surface area contributed by atoms with Crippen molar-refractivity contribution in [1.29, 1.82) is 0 Å². The van der Waals surface area contributed by atoms with Crippen LogP contribution in [0.3, 0.4) is 0 Å². The minimum atomic E-state index is -0.313. The summed E-state index contributed by atoms with van der Waals surface area (Å²) in [6.07, 6.45) is 2.28. The molecule has 3 heterocycles. The number of para-hydroxylation sites is 1. The highest BCUT2D eigenvalue weighted by atomic mass is 35.5. The number of anilines is 1. The Hall–Kier alpha value is -2.03. The number of hydrogen-bond acceptors (Lipinski definition) is 6. The molecule has 1 atom stereocenters. The molecule has 1 unspecified atom stereocenters. The molecule has 9 heteroatoms. The van der Waals surface area contributed by atoms with Gasteiger partial charge in [0.05, 0.1) is 22.5 Å². The number of thioether (sulfide) groups is 1. The molecule has 1 aromatic carbocycles. The van der Waals surface area contributed by atoms with Gasteiger partial charge in [-0.1, -0.05) is 41.6 Å². The van der Waals surface area contributed by atoms with Crippen LogP contribution >= 0.6 is 34.7 Å². The molecule has 1 aliphatic heterocycles. The van der Waals surface area contributed by atoms with Gasteiger partial charge in [0.2, 0.25) is 11.9 Å². The molecule has 0 radical (unpaired) electrons. The summed E-state index contributed by atoms with van der Waals surface area (Å²) in [5, 5.41) is 14.8. The van der Waals surface area contributed by atoms with Crippen molar-refractivity contribution < 1.29 is 4.79 Å². The second-order valence-electron chi connectivity index (χ2n) is 6.82. The summed E-state index contributed by atoms with van der Waals surface area (Å²) in [4.78, 5) is 16.0. The van der Waals surface area contributed by atoms with Gasteiger partial charge in [0.1, 0.15) is 0 Å². The lowest BCUT2D eigenvalue weighted by Gasteiger charge is -2.19. The van der Waals surface area contributed by atoms with E-state index >= 15 is 0 Å². The number of thiophene rings is 1. The fraction of sp³-hybridized carbons (Fsp3) is 0.350. The van der Waals surface area contributed by atoms with Gasteiger partial charge in [-0.05, 0) is 43.3 Å². The fourth-order valence-electron chi connectivity index (χ4n) is 3.25. The second-order valence-corrected chi connectivity index (χ2v) is 9.57. The number of nitrogens with one attached hydrogen (secondary N) is 1. The molecular weight excluding hydrogens is 426 g/mol. The van der Waals surface area contributed by atoms with Gasteiger partial charge in [-0.2, -0.15) is 0 Å². The Kier molecular flexibility index (Phi) is 6.42. The standard InChI is InChI=1S/C20H22ClN5OS2/c1-14(18(27)22-13-15-7-6-12-28-15)29-20-24-23-19(25-10-4-5-11-25)26(20)17-9-3-2-8-16(17)21/h2-3,6-9,12,14H,4-5,10-11,13H2,1H3,(H,22,27). The van der Waals surface area contributed by atoms with Crippen LogP contribution in [0.5, 0.6) is 0 Å². The molecule has 0 bridgehead atoms. The van der Waals surface area contributed by atoms with E-state index in [9.17, 15) is 4.79 Å². The average Bonchev–Trinajstić information content (AvgIpc) is 3.48. The van der Waals surface area contributed by atoms with Gasteiger partial charge >= 0.3 is 0 Å². The molecule has 1 saturated heterocycles.